The van der Waals surface area contributed by atoms with Crippen LogP contribution in [0, 0.1) is 11.3 Å². The van der Waals surface area contributed by atoms with E-state index in [1.54, 1.807) is 7.11 Å². The third-order valence-corrected chi connectivity index (χ3v) is 6.32. The number of methoxy groups -OCH3 is 1. The number of nitrogens with zero attached hydrogens (tertiary/aromatic N) is 1. The monoisotopic (exact) mass is 339 g/mol. The number of allylic oxidation sites excluding steroid dienone is 1. The molecule has 0 bridgehead atoms. The Morgan fingerprint density at radius 3 is 2.64 bits per heavy atom. The molecule has 4 rings (SSSR count). The summed E-state index contributed by atoms with van der Waals surface area (Å²) in [5.41, 5.74) is 2.49. The maximum absolute atomic E-state index is 6.27. The van der Waals surface area contributed by atoms with Crippen LogP contribution >= 0.6 is 0 Å². The molecule has 25 heavy (non-hydrogen) atoms. The van der Waals surface area contributed by atoms with Crippen LogP contribution in [0.3, 0.4) is 0 Å². The molecule has 2 aliphatic carbocycles. The molecule has 3 heteroatoms. The van der Waals surface area contributed by atoms with E-state index in [9.17, 15) is 0 Å². The summed E-state index contributed by atoms with van der Waals surface area (Å²) in [5.74, 6) is 2.24. The van der Waals surface area contributed by atoms with Crippen molar-refractivity contribution in [2.45, 2.75) is 57.9 Å². The SMILES string of the molecule is COc1ccc2c(c1)[C@]1(C3=NC(C)(C)CO3)CCCC(C)(C)[C@@H]1C=C2. The lowest BCUT2D eigenvalue weighted by Gasteiger charge is -2.52. The van der Waals surface area contributed by atoms with Gasteiger partial charge in [-0.1, -0.05) is 38.5 Å². The molecule has 0 spiro atoms. The molecule has 1 fully saturated rings. The van der Waals surface area contributed by atoms with Crippen molar-refractivity contribution in [2.24, 2.45) is 16.3 Å². The zero-order valence-corrected chi connectivity index (χ0v) is 16.1. The van der Waals surface area contributed by atoms with Gasteiger partial charge in [0.05, 0.1) is 18.1 Å². The van der Waals surface area contributed by atoms with Crippen LogP contribution in [0.15, 0.2) is 29.3 Å². The van der Waals surface area contributed by atoms with Crippen molar-refractivity contribution in [1.29, 1.82) is 0 Å². The summed E-state index contributed by atoms with van der Waals surface area (Å²) in [5, 5.41) is 0. The second-order valence-electron chi connectivity index (χ2n) is 9.12. The van der Waals surface area contributed by atoms with E-state index in [0.717, 1.165) is 18.1 Å². The predicted octanol–water partition coefficient (Wildman–Crippen LogP) is 4.99. The van der Waals surface area contributed by atoms with Crippen LogP contribution in [0.2, 0.25) is 0 Å². The minimum atomic E-state index is -0.172. The molecule has 1 aromatic carbocycles. The summed E-state index contributed by atoms with van der Waals surface area (Å²) in [6, 6.07) is 6.43. The first-order valence-electron chi connectivity index (χ1n) is 9.38. The van der Waals surface area contributed by atoms with Gasteiger partial charge in [-0.25, -0.2) is 4.99 Å². The maximum Gasteiger partial charge on any atom is 0.195 e. The van der Waals surface area contributed by atoms with E-state index in [-0.39, 0.29) is 16.4 Å². The second-order valence-corrected chi connectivity index (χ2v) is 9.12. The fourth-order valence-corrected chi connectivity index (χ4v) is 5.09. The van der Waals surface area contributed by atoms with Gasteiger partial charge in [0.25, 0.3) is 0 Å². The Bertz CT molecular complexity index is 759. The highest BCUT2D eigenvalue weighted by Gasteiger charge is 2.56. The molecular weight excluding hydrogens is 310 g/mol. The lowest BCUT2D eigenvalue weighted by Crippen LogP contribution is -2.52. The van der Waals surface area contributed by atoms with E-state index in [2.05, 4.69) is 52.0 Å². The van der Waals surface area contributed by atoms with Gasteiger partial charge in [0.1, 0.15) is 12.4 Å². The average molecular weight is 339 g/mol. The van der Waals surface area contributed by atoms with Gasteiger partial charge in [-0.05, 0) is 55.4 Å². The van der Waals surface area contributed by atoms with Gasteiger partial charge in [-0.2, -0.15) is 0 Å². The molecule has 1 aromatic rings. The molecule has 0 aromatic heterocycles. The van der Waals surface area contributed by atoms with Gasteiger partial charge in [-0.15, -0.1) is 0 Å². The third kappa shape index (κ3) is 2.43. The first-order chi connectivity index (χ1) is 11.8. The maximum atomic E-state index is 6.27. The Labute approximate surface area is 151 Å². The number of hydrogen-bond acceptors (Lipinski definition) is 3. The second kappa shape index (κ2) is 5.36. The number of aliphatic imine (C=N–C) groups is 1. The Morgan fingerprint density at radius 2 is 1.96 bits per heavy atom. The summed E-state index contributed by atoms with van der Waals surface area (Å²) in [7, 11) is 1.74. The van der Waals surface area contributed by atoms with Crippen LogP contribution in [0.25, 0.3) is 6.08 Å². The average Bonchev–Trinajstić information content (AvgIpc) is 2.94. The van der Waals surface area contributed by atoms with E-state index in [0.29, 0.717) is 12.5 Å². The number of rotatable bonds is 2. The summed E-state index contributed by atoms with van der Waals surface area (Å²) < 4.78 is 11.8. The van der Waals surface area contributed by atoms with Crippen LogP contribution in [0.4, 0.5) is 0 Å². The van der Waals surface area contributed by atoms with Gasteiger partial charge >= 0.3 is 0 Å². The van der Waals surface area contributed by atoms with E-state index in [1.165, 1.54) is 24.0 Å². The van der Waals surface area contributed by atoms with Crippen molar-refractivity contribution >= 4 is 12.0 Å². The molecule has 0 amide bonds. The fourth-order valence-electron chi connectivity index (χ4n) is 5.09. The van der Waals surface area contributed by atoms with Crippen molar-refractivity contribution in [3.63, 3.8) is 0 Å². The van der Waals surface area contributed by atoms with Crippen molar-refractivity contribution < 1.29 is 9.47 Å². The van der Waals surface area contributed by atoms with Crippen molar-refractivity contribution in [1.82, 2.24) is 0 Å². The van der Waals surface area contributed by atoms with Gasteiger partial charge in [0, 0.05) is 5.92 Å². The molecule has 134 valence electrons. The normalized spacial score (nSPS) is 31.6. The molecule has 0 saturated heterocycles. The highest BCUT2D eigenvalue weighted by molar-refractivity contribution is 5.93. The standard InChI is InChI=1S/C22H29NO2/c1-20(2)11-6-12-22(19-23-21(3,4)14-25-19)17-13-16(24-5)9-7-15(17)8-10-18(20)22/h7-10,13,18H,6,11-12,14H2,1-5H3/t18-,22+/m0/s1. The Balaban J connectivity index is 1.97. The van der Waals surface area contributed by atoms with Crippen molar-refractivity contribution in [3.8, 4) is 5.75 Å². The third-order valence-electron chi connectivity index (χ3n) is 6.32. The van der Waals surface area contributed by atoms with Gasteiger partial charge in [0.2, 0.25) is 0 Å². The molecule has 1 saturated carbocycles. The molecule has 0 radical (unpaired) electrons. The molecule has 2 atom stereocenters. The Hall–Kier alpha value is -1.77. The summed E-state index contributed by atoms with van der Waals surface area (Å²) in [6.45, 7) is 9.76. The molecular formula is C22H29NO2. The van der Waals surface area contributed by atoms with Crippen LogP contribution < -0.4 is 4.74 Å². The van der Waals surface area contributed by atoms with Crippen LogP contribution in [0.5, 0.6) is 5.75 Å². The van der Waals surface area contributed by atoms with Crippen molar-refractivity contribution in [2.75, 3.05) is 13.7 Å². The summed E-state index contributed by atoms with van der Waals surface area (Å²) in [6.07, 6.45) is 8.20. The topological polar surface area (TPSA) is 30.8 Å². The highest BCUT2D eigenvalue weighted by Crippen LogP contribution is 2.58. The number of fused-ring (bicyclic) bond motifs is 3. The zero-order valence-electron chi connectivity index (χ0n) is 16.1. The first kappa shape index (κ1) is 16.7. The molecule has 1 aliphatic heterocycles. The Morgan fingerprint density at radius 1 is 1.16 bits per heavy atom. The van der Waals surface area contributed by atoms with Crippen LogP contribution in [-0.4, -0.2) is 25.2 Å². The lowest BCUT2D eigenvalue weighted by atomic mass is 9.51. The predicted molar refractivity (Wildman–Crippen MR) is 102 cm³/mol. The summed E-state index contributed by atoms with van der Waals surface area (Å²) in [4.78, 5) is 5.06. The largest absolute Gasteiger partial charge is 0.497 e. The molecule has 0 N–H and O–H groups in total. The lowest BCUT2D eigenvalue weighted by molar-refractivity contribution is 0.103. The number of ether oxygens (including phenoxy) is 2. The molecule has 0 unspecified atom stereocenters. The number of hydrogen-bond donors (Lipinski definition) is 0. The van der Waals surface area contributed by atoms with E-state index >= 15 is 0 Å². The van der Waals surface area contributed by atoms with Crippen LogP contribution in [0.1, 0.15) is 58.1 Å². The number of benzene rings is 1. The minimum absolute atomic E-state index is 0.142. The highest BCUT2D eigenvalue weighted by atomic mass is 16.5. The molecule has 3 aliphatic rings. The van der Waals surface area contributed by atoms with Gasteiger partial charge in [0.15, 0.2) is 5.90 Å². The molecule has 3 nitrogen and oxygen atoms in total. The fraction of sp³-hybridized carbons (Fsp3) is 0.591. The summed E-state index contributed by atoms with van der Waals surface area (Å²) >= 11 is 0. The van der Waals surface area contributed by atoms with E-state index < -0.39 is 0 Å². The zero-order chi connectivity index (χ0) is 17.9. The quantitative estimate of drug-likeness (QED) is 0.760. The van der Waals surface area contributed by atoms with Crippen molar-refractivity contribution in [3.05, 3.63) is 35.4 Å². The Kier molecular flexibility index (Phi) is 3.58. The van der Waals surface area contributed by atoms with Gasteiger partial charge < -0.3 is 9.47 Å². The molecule has 1 heterocycles. The smallest absolute Gasteiger partial charge is 0.195 e. The van der Waals surface area contributed by atoms with E-state index in [1.807, 2.05) is 6.07 Å². The van der Waals surface area contributed by atoms with E-state index in [4.69, 9.17) is 14.5 Å². The van der Waals surface area contributed by atoms with Crippen LogP contribution in [-0.2, 0) is 10.2 Å². The minimum Gasteiger partial charge on any atom is -0.497 e. The first-order valence-corrected chi connectivity index (χ1v) is 9.38. The van der Waals surface area contributed by atoms with Gasteiger partial charge in [-0.3, -0.25) is 0 Å².